The smallest absolute Gasteiger partial charge is 0.419 e. The largest absolute Gasteiger partial charge is 0.490 e. The molecular formula is C16H17NO6. The van der Waals surface area contributed by atoms with Crippen molar-refractivity contribution in [1.82, 2.24) is 4.98 Å². The van der Waals surface area contributed by atoms with Gasteiger partial charge in [0, 0.05) is 6.42 Å². The van der Waals surface area contributed by atoms with Crippen molar-refractivity contribution in [3.8, 4) is 11.7 Å². The Balaban J connectivity index is 1.76. The van der Waals surface area contributed by atoms with E-state index in [9.17, 15) is 14.7 Å². The highest BCUT2D eigenvalue weighted by molar-refractivity contribution is 5.69. The highest BCUT2D eigenvalue weighted by Crippen LogP contribution is 2.15. The molecule has 0 radical (unpaired) electrons. The molecule has 0 atom stereocenters. The fraction of sp³-hybridized carbons (Fsp3) is 0.250. The van der Waals surface area contributed by atoms with E-state index >= 15 is 0 Å². The summed E-state index contributed by atoms with van der Waals surface area (Å²) in [7, 11) is 0. The Labute approximate surface area is 132 Å². The first-order chi connectivity index (χ1) is 11.1. The number of esters is 1. The fourth-order valence-electron chi connectivity index (χ4n) is 1.82. The number of benzene rings is 1. The fourth-order valence-corrected chi connectivity index (χ4v) is 1.82. The molecule has 2 N–H and O–H groups in total. The predicted molar refractivity (Wildman–Crippen MR) is 81.2 cm³/mol. The van der Waals surface area contributed by atoms with Crippen LogP contribution in [0.1, 0.15) is 17.7 Å². The molecule has 1 aromatic carbocycles. The lowest BCUT2D eigenvalue weighted by atomic mass is 10.2. The highest BCUT2D eigenvalue weighted by Gasteiger charge is 2.11. The van der Waals surface area contributed by atoms with E-state index in [1.165, 1.54) is 0 Å². The zero-order valence-corrected chi connectivity index (χ0v) is 12.4. The number of carbonyl (C=O) groups excluding carboxylic acids is 1. The molecule has 23 heavy (non-hydrogen) atoms. The third-order valence-electron chi connectivity index (χ3n) is 2.97. The van der Waals surface area contributed by atoms with Gasteiger partial charge in [0.25, 0.3) is 0 Å². The van der Waals surface area contributed by atoms with Gasteiger partial charge in [-0.1, -0.05) is 24.8 Å². The Morgan fingerprint density at radius 3 is 2.70 bits per heavy atom. The van der Waals surface area contributed by atoms with Gasteiger partial charge in [-0.15, -0.1) is 0 Å². The summed E-state index contributed by atoms with van der Waals surface area (Å²) >= 11 is 0. The molecule has 0 aliphatic carbocycles. The Kier molecular flexibility index (Phi) is 5.62. The summed E-state index contributed by atoms with van der Waals surface area (Å²) in [4.78, 5) is 24.8. The number of aromatic nitrogens is 1. The molecule has 0 saturated carbocycles. The molecule has 7 heteroatoms. The summed E-state index contributed by atoms with van der Waals surface area (Å²) in [6.07, 6.45) is 1.80. The lowest BCUT2D eigenvalue weighted by Crippen LogP contribution is -2.07. The lowest BCUT2D eigenvalue weighted by molar-refractivity contribution is -0.144. The van der Waals surface area contributed by atoms with Crippen LogP contribution in [0.2, 0.25) is 0 Å². The van der Waals surface area contributed by atoms with E-state index in [1.54, 1.807) is 30.3 Å². The van der Waals surface area contributed by atoms with Gasteiger partial charge in [-0.05, 0) is 17.7 Å². The van der Waals surface area contributed by atoms with Gasteiger partial charge in [0.05, 0.1) is 6.42 Å². The van der Waals surface area contributed by atoms with Gasteiger partial charge < -0.3 is 19.0 Å². The number of ether oxygens (including phenoxy) is 2. The van der Waals surface area contributed by atoms with E-state index in [4.69, 9.17) is 9.47 Å². The van der Waals surface area contributed by atoms with Crippen molar-refractivity contribution in [1.29, 1.82) is 0 Å². The van der Waals surface area contributed by atoms with Crippen molar-refractivity contribution in [3.05, 3.63) is 58.7 Å². The molecular weight excluding hydrogens is 302 g/mol. The molecule has 1 aromatic heterocycles. The number of carbonyl (C=O) groups is 1. The van der Waals surface area contributed by atoms with Gasteiger partial charge in [0.15, 0.2) is 0 Å². The van der Waals surface area contributed by atoms with Crippen LogP contribution >= 0.6 is 0 Å². The van der Waals surface area contributed by atoms with Gasteiger partial charge in [0.2, 0.25) is 0 Å². The number of oxazole rings is 1. The Hall–Kier alpha value is -2.96. The Morgan fingerprint density at radius 1 is 1.35 bits per heavy atom. The summed E-state index contributed by atoms with van der Waals surface area (Å²) < 4.78 is 14.9. The van der Waals surface area contributed by atoms with E-state index in [0.717, 1.165) is 5.56 Å². The highest BCUT2D eigenvalue weighted by atomic mass is 16.5. The van der Waals surface area contributed by atoms with E-state index < -0.39 is 17.7 Å². The summed E-state index contributed by atoms with van der Waals surface area (Å²) in [5.74, 6) is -1.000. The number of H-pyrrole nitrogens is 1. The zero-order valence-electron chi connectivity index (χ0n) is 12.4. The van der Waals surface area contributed by atoms with Gasteiger partial charge in [0.1, 0.15) is 24.7 Å². The summed E-state index contributed by atoms with van der Waals surface area (Å²) in [6.45, 7) is 4.13. The van der Waals surface area contributed by atoms with Crippen molar-refractivity contribution in [2.45, 2.75) is 19.4 Å². The van der Waals surface area contributed by atoms with Crippen LogP contribution in [0.5, 0.6) is 11.7 Å². The van der Waals surface area contributed by atoms with E-state index in [0.29, 0.717) is 12.4 Å². The first-order valence-electron chi connectivity index (χ1n) is 6.97. The molecule has 2 aromatic rings. The minimum atomic E-state index is -0.760. The van der Waals surface area contributed by atoms with E-state index in [1.807, 2.05) is 0 Å². The first-order valence-corrected chi connectivity index (χ1v) is 6.97. The van der Waals surface area contributed by atoms with E-state index in [-0.39, 0.29) is 25.1 Å². The number of nitrogens with one attached hydrogen (secondary N) is 1. The second kappa shape index (κ2) is 7.88. The second-order valence-corrected chi connectivity index (χ2v) is 4.70. The normalized spacial score (nSPS) is 10.3. The van der Waals surface area contributed by atoms with Crippen molar-refractivity contribution in [2.24, 2.45) is 0 Å². The molecule has 2 rings (SSSR count). The quantitative estimate of drug-likeness (QED) is 0.569. The molecule has 0 spiro atoms. The van der Waals surface area contributed by atoms with Crippen LogP contribution in [0.15, 0.2) is 46.1 Å². The van der Waals surface area contributed by atoms with Gasteiger partial charge >= 0.3 is 17.7 Å². The van der Waals surface area contributed by atoms with Crippen LogP contribution in [0.25, 0.3) is 0 Å². The topological polar surface area (TPSA) is 102 Å². The third-order valence-corrected chi connectivity index (χ3v) is 2.97. The lowest BCUT2D eigenvalue weighted by Gasteiger charge is -2.06. The third kappa shape index (κ3) is 5.06. The Morgan fingerprint density at radius 2 is 2.09 bits per heavy atom. The van der Waals surface area contributed by atoms with E-state index in [2.05, 4.69) is 16.0 Å². The molecule has 0 bridgehead atoms. The number of aromatic amines is 1. The van der Waals surface area contributed by atoms with Crippen LogP contribution in [0.3, 0.4) is 0 Å². The SMILES string of the molecule is C=CCOc1ccc(COC(=O)CCc2[nH]c(=O)oc2O)cc1. The van der Waals surface area contributed by atoms with Crippen LogP contribution in [0, 0.1) is 0 Å². The molecule has 1 heterocycles. The number of aromatic hydroxyl groups is 1. The van der Waals surface area contributed by atoms with Crippen LogP contribution in [-0.4, -0.2) is 22.7 Å². The van der Waals surface area contributed by atoms with Crippen molar-refractivity contribution in [3.63, 3.8) is 0 Å². The second-order valence-electron chi connectivity index (χ2n) is 4.70. The first kappa shape index (κ1) is 16.4. The van der Waals surface area contributed by atoms with Gasteiger partial charge in [-0.3, -0.25) is 9.78 Å². The van der Waals surface area contributed by atoms with Crippen LogP contribution in [0.4, 0.5) is 0 Å². The van der Waals surface area contributed by atoms with Crippen LogP contribution < -0.4 is 10.5 Å². The molecule has 0 amide bonds. The maximum Gasteiger partial charge on any atom is 0.419 e. The maximum absolute atomic E-state index is 11.7. The maximum atomic E-state index is 11.7. The zero-order chi connectivity index (χ0) is 16.7. The molecule has 0 aliphatic heterocycles. The average Bonchev–Trinajstić information content (AvgIpc) is 2.87. The minimum absolute atomic E-state index is 0.0174. The van der Waals surface area contributed by atoms with Crippen molar-refractivity contribution >= 4 is 5.97 Å². The molecule has 0 aliphatic rings. The molecule has 0 unspecified atom stereocenters. The summed E-state index contributed by atoms with van der Waals surface area (Å²) in [5.41, 5.74) is 1.000. The van der Waals surface area contributed by atoms with Crippen LogP contribution in [-0.2, 0) is 22.6 Å². The number of aryl methyl sites for hydroxylation is 1. The summed E-state index contributed by atoms with van der Waals surface area (Å²) in [6, 6.07) is 7.15. The van der Waals surface area contributed by atoms with Gasteiger partial charge in [-0.25, -0.2) is 4.79 Å². The number of rotatable bonds is 8. The standard InChI is InChI=1S/C16H17NO6/c1-2-9-21-12-5-3-11(4-6-12)10-22-14(18)8-7-13-15(19)23-16(20)17-13/h2-6,19H,1,7-10H2,(H,17,20). The Bertz CT molecular complexity index is 713. The number of hydrogen-bond acceptors (Lipinski definition) is 6. The van der Waals surface area contributed by atoms with Crippen molar-refractivity contribution < 1.29 is 23.8 Å². The molecule has 7 nitrogen and oxygen atoms in total. The van der Waals surface area contributed by atoms with Crippen molar-refractivity contribution in [2.75, 3.05) is 6.61 Å². The summed E-state index contributed by atoms with van der Waals surface area (Å²) in [5, 5.41) is 9.27. The molecule has 0 saturated heterocycles. The molecule has 0 fully saturated rings. The predicted octanol–water partition coefficient (Wildman–Crippen LogP) is 1.91. The monoisotopic (exact) mass is 319 g/mol. The number of hydrogen-bond donors (Lipinski definition) is 2. The van der Waals surface area contributed by atoms with Gasteiger partial charge in [-0.2, -0.15) is 0 Å². The average molecular weight is 319 g/mol. The minimum Gasteiger partial charge on any atom is -0.490 e. The molecule has 122 valence electrons.